The number of rotatable bonds is 6. The molecule has 0 saturated heterocycles. The van der Waals surface area contributed by atoms with E-state index in [1.165, 1.54) is 0 Å². The van der Waals surface area contributed by atoms with Crippen LogP contribution >= 0.6 is 27.5 Å². The van der Waals surface area contributed by atoms with E-state index in [9.17, 15) is 0 Å². The van der Waals surface area contributed by atoms with Gasteiger partial charge in [0.2, 0.25) is 0 Å². The Hall–Kier alpha value is -0.410. The zero-order chi connectivity index (χ0) is 12.8. The summed E-state index contributed by atoms with van der Waals surface area (Å²) in [7, 11) is 1.62. The maximum Gasteiger partial charge on any atom is 0.179 e. The predicted molar refractivity (Wildman–Crippen MR) is 75.6 cm³/mol. The second-order valence-corrected chi connectivity index (χ2v) is 5.24. The van der Waals surface area contributed by atoms with Crippen molar-refractivity contribution in [2.45, 2.75) is 25.6 Å². The van der Waals surface area contributed by atoms with Gasteiger partial charge in [-0.15, -0.1) is 0 Å². The van der Waals surface area contributed by atoms with Crippen molar-refractivity contribution in [2.24, 2.45) is 5.92 Å². The molecular weight excluding hydrogens is 303 g/mol. The Morgan fingerprint density at radius 1 is 1.35 bits per heavy atom. The Balaban J connectivity index is 2.82. The Morgan fingerprint density at radius 2 is 2.06 bits per heavy atom. The van der Waals surface area contributed by atoms with E-state index in [0.29, 0.717) is 29.0 Å². The van der Waals surface area contributed by atoms with E-state index >= 15 is 0 Å². The van der Waals surface area contributed by atoms with Crippen molar-refractivity contribution in [3.8, 4) is 11.5 Å². The van der Waals surface area contributed by atoms with Gasteiger partial charge in [-0.3, -0.25) is 0 Å². The lowest BCUT2D eigenvalue weighted by atomic mass is 10.1. The zero-order valence-electron chi connectivity index (χ0n) is 10.4. The van der Waals surface area contributed by atoms with Gasteiger partial charge < -0.3 is 9.47 Å². The van der Waals surface area contributed by atoms with Crippen molar-refractivity contribution in [3.05, 3.63) is 22.7 Å². The largest absolute Gasteiger partial charge is 0.493 e. The lowest BCUT2D eigenvalue weighted by Crippen LogP contribution is -2.03. The molecule has 0 heterocycles. The molecule has 4 heteroatoms. The van der Waals surface area contributed by atoms with Gasteiger partial charge in [0.25, 0.3) is 0 Å². The highest BCUT2D eigenvalue weighted by Gasteiger charge is 2.11. The van der Waals surface area contributed by atoms with Gasteiger partial charge in [-0.25, -0.2) is 0 Å². The summed E-state index contributed by atoms with van der Waals surface area (Å²) in [6, 6.07) is 3.83. The Morgan fingerprint density at radius 3 is 2.59 bits per heavy atom. The van der Waals surface area contributed by atoms with Crippen LogP contribution in [0.25, 0.3) is 0 Å². The number of ether oxygens (including phenoxy) is 2. The fourth-order valence-electron chi connectivity index (χ4n) is 1.39. The van der Waals surface area contributed by atoms with Crippen LogP contribution in [0.2, 0.25) is 5.02 Å². The van der Waals surface area contributed by atoms with Crippen molar-refractivity contribution < 1.29 is 9.47 Å². The van der Waals surface area contributed by atoms with Crippen LogP contribution < -0.4 is 9.47 Å². The van der Waals surface area contributed by atoms with Crippen LogP contribution in [0.5, 0.6) is 11.5 Å². The van der Waals surface area contributed by atoms with Crippen LogP contribution in [0, 0.1) is 5.92 Å². The van der Waals surface area contributed by atoms with E-state index in [2.05, 4.69) is 29.8 Å². The summed E-state index contributed by atoms with van der Waals surface area (Å²) in [6.45, 7) is 4.98. The molecule has 1 aromatic rings. The van der Waals surface area contributed by atoms with Gasteiger partial charge in [0.15, 0.2) is 11.5 Å². The van der Waals surface area contributed by atoms with E-state index in [-0.39, 0.29) is 0 Å². The number of halogens is 2. The molecule has 0 amide bonds. The minimum Gasteiger partial charge on any atom is -0.493 e. The van der Waals surface area contributed by atoms with Crippen molar-refractivity contribution >= 4 is 27.5 Å². The first-order chi connectivity index (χ1) is 8.08. The molecule has 1 aromatic carbocycles. The quantitative estimate of drug-likeness (QED) is 0.709. The summed E-state index contributed by atoms with van der Waals surface area (Å²) < 4.78 is 11.0. The standard InChI is InChI=1S/C13H18BrClO2/c1-9(2)4-5-17-13-11(15)6-10(8-14)7-12(13)16-3/h6-7,9H,4-5,8H2,1-3H3. The van der Waals surface area contributed by atoms with Crippen molar-refractivity contribution in [1.82, 2.24) is 0 Å². The fraction of sp³-hybridized carbons (Fsp3) is 0.538. The first-order valence-electron chi connectivity index (χ1n) is 5.63. The summed E-state index contributed by atoms with van der Waals surface area (Å²) in [4.78, 5) is 0. The number of alkyl halides is 1. The molecule has 0 aliphatic carbocycles. The van der Waals surface area contributed by atoms with E-state index in [0.717, 1.165) is 17.3 Å². The number of benzene rings is 1. The lowest BCUT2D eigenvalue weighted by molar-refractivity contribution is 0.273. The summed E-state index contributed by atoms with van der Waals surface area (Å²) in [5.74, 6) is 1.94. The minimum absolute atomic E-state index is 0.600. The average Bonchev–Trinajstić information content (AvgIpc) is 2.30. The third-order valence-electron chi connectivity index (χ3n) is 2.39. The highest BCUT2D eigenvalue weighted by Crippen LogP contribution is 2.37. The van der Waals surface area contributed by atoms with E-state index in [1.54, 1.807) is 7.11 Å². The lowest BCUT2D eigenvalue weighted by Gasteiger charge is -2.14. The molecule has 2 nitrogen and oxygen atoms in total. The third-order valence-corrected chi connectivity index (χ3v) is 3.31. The van der Waals surface area contributed by atoms with Crippen LogP contribution in [0.1, 0.15) is 25.8 Å². The van der Waals surface area contributed by atoms with Gasteiger partial charge >= 0.3 is 0 Å². The Bertz CT molecular complexity index is 367. The topological polar surface area (TPSA) is 18.5 Å². The number of methoxy groups -OCH3 is 1. The van der Waals surface area contributed by atoms with E-state index in [4.69, 9.17) is 21.1 Å². The SMILES string of the molecule is COc1cc(CBr)cc(Cl)c1OCCC(C)C. The molecule has 0 N–H and O–H groups in total. The smallest absolute Gasteiger partial charge is 0.179 e. The molecule has 96 valence electrons. The van der Waals surface area contributed by atoms with Gasteiger partial charge in [-0.05, 0) is 30.0 Å². The van der Waals surface area contributed by atoms with E-state index < -0.39 is 0 Å². The summed E-state index contributed by atoms with van der Waals surface area (Å²) in [5, 5.41) is 1.34. The fourth-order valence-corrected chi connectivity index (χ4v) is 2.00. The molecule has 0 bridgehead atoms. The molecule has 0 aliphatic heterocycles. The summed E-state index contributed by atoms with van der Waals surface area (Å²) in [5.41, 5.74) is 1.07. The molecular formula is C13H18BrClO2. The molecule has 0 aromatic heterocycles. The molecule has 17 heavy (non-hydrogen) atoms. The zero-order valence-corrected chi connectivity index (χ0v) is 12.8. The van der Waals surface area contributed by atoms with Crippen LogP contribution in [0.3, 0.4) is 0 Å². The van der Waals surface area contributed by atoms with Gasteiger partial charge in [-0.1, -0.05) is 41.4 Å². The molecule has 1 rings (SSSR count). The normalized spacial score (nSPS) is 10.7. The molecule has 0 unspecified atom stereocenters. The average molecular weight is 322 g/mol. The number of hydrogen-bond donors (Lipinski definition) is 0. The second-order valence-electron chi connectivity index (χ2n) is 4.27. The van der Waals surface area contributed by atoms with Crippen molar-refractivity contribution in [2.75, 3.05) is 13.7 Å². The van der Waals surface area contributed by atoms with Crippen LogP contribution in [0.4, 0.5) is 0 Å². The first kappa shape index (κ1) is 14.7. The predicted octanol–water partition coefficient (Wildman–Crippen LogP) is 4.67. The number of hydrogen-bond acceptors (Lipinski definition) is 2. The van der Waals surface area contributed by atoms with Gasteiger partial charge in [0.1, 0.15) is 0 Å². The maximum atomic E-state index is 6.18. The molecule has 0 saturated carbocycles. The van der Waals surface area contributed by atoms with Crippen LogP contribution in [-0.4, -0.2) is 13.7 Å². The van der Waals surface area contributed by atoms with Gasteiger partial charge in [0.05, 0.1) is 18.7 Å². The third kappa shape index (κ3) is 4.40. The van der Waals surface area contributed by atoms with Crippen molar-refractivity contribution in [1.29, 1.82) is 0 Å². The Kier molecular flexibility index (Phi) is 6.14. The summed E-state index contributed by atoms with van der Waals surface area (Å²) >= 11 is 9.58. The van der Waals surface area contributed by atoms with Crippen molar-refractivity contribution in [3.63, 3.8) is 0 Å². The van der Waals surface area contributed by atoms with Gasteiger partial charge in [-0.2, -0.15) is 0 Å². The second kappa shape index (κ2) is 7.12. The van der Waals surface area contributed by atoms with E-state index in [1.807, 2.05) is 12.1 Å². The van der Waals surface area contributed by atoms with Crippen LogP contribution in [-0.2, 0) is 5.33 Å². The maximum absolute atomic E-state index is 6.18. The Labute approximate surface area is 116 Å². The molecule has 0 radical (unpaired) electrons. The first-order valence-corrected chi connectivity index (χ1v) is 7.13. The molecule has 0 atom stereocenters. The molecule has 0 spiro atoms. The summed E-state index contributed by atoms with van der Waals surface area (Å²) in [6.07, 6.45) is 1.000. The monoisotopic (exact) mass is 320 g/mol. The minimum atomic E-state index is 0.600. The van der Waals surface area contributed by atoms with Crippen LogP contribution in [0.15, 0.2) is 12.1 Å². The molecule has 0 fully saturated rings. The highest BCUT2D eigenvalue weighted by molar-refractivity contribution is 9.08. The van der Waals surface area contributed by atoms with Gasteiger partial charge in [0, 0.05) is 5.33 Å². The highest BCUT2D eigenvalue weighted by atomic mass is 79.9. The molecule has 0 aliphatic rings.